The third-order valence-electron chi connectivity index (χ3n) is 0.759. The molecule has 0 saturated carbocycles. The van der Waals surface area contributed by atoms with Crippen molar-refractivity contribution in [2.75, 3.05) is 13.2 Å². The van der Waals surface area contributed by atoms with E-state index in [2.05, 4.69) is 22.0 Å². The number of rotatable bonds is 3. The third kappa shape index (κ3) is 16.7. The van der Waals surface area contributed by atoms with Gasteiger partial charge in [-0.25, -0.2) is 14.6 Å². The smallest absolute Gasteiger partial charge is 0.337 e. The van der Waals surface area contributed by atoms with E-state index in [-0.39, 0.29) is 13.2 Å². The number of aliphatic hydroxyl groups is 1. The highest BCUT2D eigenvalue weighted by molar-refractivity contribution is 5.81. The van der Waals surface area contributed by atoms with Crippen molar-refractivity contribution in [1.29, 1.82) is 0 Å². The highest BCUT2D eigenvalue weighted by Crippen LogP contribution is 1.75. The summed E-state index contributed by atoms with van der Waals surface area (Å²) in [4.78, 5) is 22.9. The van der Waals surface area contributed by atoms with Crippen molar-refractivity contribution in [1.82, 2.24) is 0 Å². The molecule has 0 aliphatic carbocycles. The molecule has 0 fully saturated rings. The zero-order valence-electron chi connectivity index (χ0n) is 7.97. The second-order valence-electron chi connectivity index (χ2n) is 1.82. The van der Waals surface area contributed by atoms with Crippen LogP contribution in [0, 0.1) is 0 Å². The van der Waals surface area contributed by atoms with Crippen molar-refractivity contribution in [3.63, 3.8) is 0 Å². The van der Waals surface area contributed by atoms with Crippen LogP contribution in [0.1, 0.15) is 6.92 Å². The molecule has 0 aliphatic rings. The van der Waals surface area contributed by atoms with E-state index in [1.807, 2.05) is 0 Å². The van der Waals surface area contributed by atoms with Crippen LogP contribution in [-0.2, 0) is 9.53 Å². The molecule has 0 aromatic carbocycles. The van der Waals surface area contributed by atoms with Crippen LogP contribution in [-0.4, -0.2) is 36.5 Å². The summed E-state index contributed by atoms with van der Waals surface area (Å²) < 4.78 is 4.33. The summed E-state index contributed by atoms with van der Waals surface area (Å²) in [6.07, 6.45) is 2.40. The Bertz CT molecular complexity index is 213. The lowest BCUT2D eigenvalue weighted by Gasteiger charge is -1.94. The molecule has 80 valence electrons. The zero-order chi connectivity index (χ0) is 11.4. The Kier molecular flexibility index (Phi) is 12.0. The number of amides is 2. The van der Waals surface area contributed by atoms with Crippen molar-refractivity contribution in [3.05, 3.63) is 12.7 Å². The molecule has 3 N–H and O–H groups in total. The SMILES string of the molecule is C=CC(=O)OCCO.CC=NC(N)=O. The molecule has 2 amide bonds. The van der Waals surface area contributed by atoms with Gasteiger partial charge in [0, 0.05) is 12.3 Å². The number of ether oxygens (including phenoxy) is 1. The van der Waals surface area contributed by atoms with Gasteiger partial charge in [0.25, 0.3) is 0 Å². The van der Waals surface area contributed by atoms with Crippen molar-refractivity contribution in [3.8, 4) is 0 Å². The van der Waals surface area contributed by atoms with Gasteiger partial charge in [-0.15, -0.1) is 0 Å². The fourth-order valence-electron chi connectivity index (χ4n) is 0.332. The summed E-state index contributed by atoms with van der Waals surface area (Å²) in [6.45, 7) is 4.69. The van der Waals surface area contributed by atoms with Crippen LogP contribution in [0.2, 0.25) is 0 Å². The average Bonchev–Trinajstić information content (AvgIpc) is 2.15. The highest BCUT2D eigenvalue weighted by Gasteiger charge is 1.90. The van der Waals surface area contributed by atoms with Gasteiger partial charge < -0.3 is 15.6 Å². The number of primary amides is 1. The molecule has 0 heterocycles. The van der Waals surface area contributed by atoms with Crippen molar-refractivity contribution >= 4 is 18.2 Å². The van der Waals surface area contributed by atoms with Gasteiger partial charge in [-0.05, 0) is 6.92 Å². The molecule has 6 heteroatoms. The minimum Gasteiger partial charge on any atom is -0.460 e. The first-order valence-electron chi connectivity index (χ1n) is 3.76. The van der Waals surface area contributed by atoms with Crippen LogP contribution in [0.4, 0.5) is 4.79 Å². The normalized spacial score (nSPS) is 8.71. The monoisotopic (exact) mass is 202 g/mol. The van der Waals surface area contributed by atoms with Gasteiger partial charge in [-0.2, -0.15) is 0 Å². The molecule has 0 atom stereocenters. The lowest BCUT2D eigenvalue weighted by atomic mass is 10.6. The van der Waals surface area contributed by atoms with E-state index in [1.165, 1.54) is 6.21 Å². The third-order valence-corrected chi connectivity index (χ3v) is 0.759. The Balaban J connectivity index is 0. The molecule has 6 nitrogen and oxygen atoms in total. The Morgan fingerprint density at radius 1 is 1.64 bits per heavy atom. The second-order valence-corrected chi connectivity index (χ2v) is 1.82. The summed E-state index contributed by atoms with van der Waals surface area (Å²) in [5.74, 6) is -0.501. The van der Waals surface area contributed by atoms with E-state index in [0.717, 1.165) is 6.08 Å². The molecule has 0 aromatic heterocycles. The second kappa shape index (κ2) is 11.3. The Hall–Kier alpha value is -1.69. The number of aliphatic hydroxyl groups excluding tert-OH is 1. The number of carbonyl (C=O) groups excluding carboxylic acids is 2. The van der Waals surface area contributed by atoms with E-state index < -0.39 is 12.0 Å². The summed E-state index contributed by atoms with van der Waals surface area (Å²) >= 11 is 0. The summed E-state index contributed by atoms with van der Waals surface area (Å²) in [7, 11) is 0. The maximum atomic E-state index is 10.1. The van der Waals surface area contributed by atoms with E-state index in [9.17, 15) is 9.59 Å². The summed E-state index contributed by atoms with van der Waals surface area (Å²) in [5.41, 5.74) is 4.57. The molecule has 0 aliphatic heterocycles. The predicted molar refractivity (Wildman–Crippen MR) is 52.0 cm³/mol. The van der Waals surface area contributed by atoms with Crippen LogP contribution in [0.15, 0.2) is 17.6 Å². The van der Waals surface area contributed by atoms with E-state index in [4.69, 9.17) is 5.11 Å². The number of aliphatic imine (C=N–C) groups is 1. The number of hydrogen-bond acceptors (Lipinski definition) is 4. The molecule has 0 bridgehead atoms. The quantitative estimate of drug-likeness (QED) is 0.378. The van der Waals surface area contributed by atoms with Crippen LogP contribution in [0.3, 0.4) is 0 Å². The summed E-state index contributed by atoms with van der Waals surface area (Å²) in [6, 6.07) is -0.641. The Morgan fingerprint density at radius 3 is 2.43 bits per heavy atom. The standard InChI is InChI=1S/C5H8O3.C3H6N2O/c1-2-5(7)8-4-3-6;1-2-5-3(4)6/h2,6H,1,3-4H2;2H,1H3,(H2,4,6). The molecule has 0 aromatic rings. The number of urea groups is 1. The van der Waals surface area contributed by atoms with Crippen LogP contribution < -0.4 is 5.73 Å². The van der Waals surface area contributed by atoms with Gasteiger partial charge in [-0.1, -0.05) is 6.58 Å². The zero-order valence-corrected chi connectivity index (χ0v) is 7.97. The molecular weight excluding hydrogens is 188 g/mol. The minimum atomic E-state index is -0.641. The molecule has 0 rings (SSSR count). The number of nitrogens with two attached hydrogens (primary N) is 1. The molecule has 0 spiro atoms. The van der Waals surface area contributed by atoms with Gasteiger partial charge in [0.15, 0.2) is 0 Å². The lowest BCUT2D eigenvalue weighted by molar-refractivity contribution is -0.138. The van der Waals surface area contributed by atoms with E-state index >= 15 is 0 Å². The molecule has 0 saturated heterocycles. The number of esters is 1. The van der Waals surface area contributed by atoms with Gasteiger partial charge in [-0.3, -0.25) is 0 Å². The Morgan fingerprint density at radius 2 is 2.21 bits per heavy atom. The van der Waals surface area contributed by atoms with E-state index in [1.54, 1.807) is 6.92 Å². The first-order valence-corrected chi connectivity index (χ1v) is 3.76. The molecular formula is C8H14N2O4. The largest absolute Gasteiger partial charge is 0.460 e. The first kappa shape index (κ1) is 14.8. The van der Waals surface area contributed by atoms with Crippen molar-refractivity contribution in [2.24, 2.45) is 10.7 Å². The number of hydrogen-bond donors (Lipinski definition) is 2. The topological polar surface area (TPSA) is 102 Å². The van der Waals surface area contributed by atoms with Crippen LogP contribution in [0.25, 0.3) is 0 Å². The Labute approximate surface area is 82.1 Å². The van der Waals surface area contributed by atoms with Gasteiger partial charge >= 0.3 is 12.0 Å². The maximum Gasteiger partial charge on any atom is 0.337 e. The van der Waals surface area contributed by atoms with Crippen molar-refractivity contribution < 1.29 is 19.4 Å². The van der Waals surface area contributed by atoms with E-state index in [0.29, 0.717) is 0 Å². The van der Waals surface area contributed by atoms with Crippen LogP contribution >= 0.6 is 0 Å². The number of carbonyl (C=O) groups is 2. The fourth-order valence-corrected chi connectivity index (χ4v) is 0.332. The van der Waals surface area contributed by atoms with Gasteiger partial charge in [0.2, 0.25) is 0 Å². The molecule has 14 heavy (non-hydrogen) atoms. The molecule has 0 unspecified atom stereocenters. The maximum absolute atomic E-state index is 10.1. The van der Waals surface area contributed by atoms with Gasteiger partial charge in [0.1, 0.15) is 6.61 Å². The van der Waals surface area contributed by atoms with Crippen LogP contribution in [0.5, 0.6) is 0 Å². The predicted octanol–water partition coefficient (Wildman–Crippen LogP) is -0.136. The average molecular weight is 202 g/mol. The number of nitrogens with zero attached hydrogens (tertiary/aromatic N) is 1. The van der Waals surface area contributed by atoms with Gasteiger partial charge in [0.05, 0.1) is 6.61 Å². The van der Waals surface area contributed by atoms with Crippen molar-refractivity contribution in [2.45, 2.75) is 6.92 Å². The fraction of sp³-hybridized carbons (Fsp3) is 0.375. The minimum absolute atomic E-state index is 0.0465. The highest BCUT2D eigenvalue weighted by atomic mass is 16.5. The lowest BCUT2D eigenvalue weighted by Crippen LogP contribution is -2.04. The first-order chi connectivity index (χ1) is 6.58. The molecule has 0 radical (unpaired) electrons. The summed E-state index contributed by atoms with van der Waals surface area (Å²) in [5, 5.41) is 8.10.